The molecule has 11 atom stereocenters. The molecular weight excluding hydrogens is 624 g/mol. The molecule has 0 spiro atoms. The summed E-state index contributed by atoms with van der Waals surface area (Å²) in [6.07, 6.45) is -16.9. The zero-order chi connectivity index (χ0) is 34.2. The molecule has 0 aromatic heterocycles. The van der Waals surface area contributed by atoms with E-state index in [2.05, 4.69) is 0 Å². The van der Waals surface area contributed by atoms with E-state index in [-0.39, 0.29) is 13.2 Å². The first-order chi connectivity index (χ1) is 22.5. The molecule has 15 heteroatoms. The van der Waals surface area contributed by atoms with E-state index in [1.807, 2.05) is 12.1 Å². The number of hydrogen-bond acceptors (Lipinski definition) is 15. The van der Waals surface area contributed by atoms with Gasteiger partial charge in [0.15, 0.2) is 0 Å². The Morgan fingerprint density at radius 1 is 0.787 bits per heavy atom. The van der Waals surface area contributed by atoms with Crippen molar-refractivity contribution < 1.29 is 73.8 Å². The maximum absolute atomic E-state index is 13.8. The molecule has 2 aliphatic heterocycles. The number of methoxy groups -OCH3 is 1. The van der Waals surface area contributed by atoms with Crippen LogP contribution in [0.2, 0.25) is 0 Å². The molecule has 2 aliphatic rings. The molecule has 0 radical (unpaired) electrons. The van der Waals surface area contributed by atoms with E-state index >= 15 is 0 Å². The van der Waals surface area contributed by atoms with Crippen molar-refractivity contribution in [1.29, 1.82) is 0 Å². The van der Waals surface area contributed by atoms with E-state index in [0.717, 1.165) is 5.56 Å². The van der Waals surface area contributed by atoms with Crippen molar-refractivity contribution in [3.63, 3.8) is 0 Å². The fourth-order valence-corrected chi connectivity index (χ4v) is 5.41. The van der Waals surface area contributed by atoms with Gasteiger partial charge in [-0.3, -0.25) is 9.59 Å². The molecule has 0 amide bonds. The van der Waals surface area contributed by atoms with E-state index in [1.54, 1.807) is 43.3 Å². The molecule has 2 aromatic rings. The Morgan fingerprint density at radius 2 is 1.38 bits per heavy atom. The van der Waals surface area contributed by atoms with Gasteiger partial charge in [0.05, 0.1) is 32.7 Å². The fraction of sp³-hybridized carbons (Fsp3) is 0.562. The van der Waals surface area contributed by atoms with Gasteiger partial charge in [0, 0.05) is 6.61 Å². The lowest BCUT2D eigenvalue weighted by molar-refractivity contribution is -0.295. The van der Waals surface area contributed by atoms with Crippen LogP contribution in [0.25, 0.3) is 0 Å². The standard InChI is InChI=1S/C32H42O15/c1-3-43-15-22-25(36)27(38)29(40)32(45-22)47-30(41)20(13-23(34)46-31-28(39)26(37)24(35)21(14-33)44-31)19-7-5-4-6-17(19)12-16-8-10-18(42-2)11-9-16/h4-11,20-22,24-29,31-33,35-40H,3,12-15H2,1-2H3/t20?,21-,22-,24-,25-,26+,27+,28-,29-,31+,32+/m1/s1. The number of rotatable bonds is 13. The zero-order valence-electron chi connectivity index (χ0n) is 25.9. The van der Waals surface area contributed by atoms with Crippen LogP contribution in [-0.2, 0) is 39.7 Å². The van der Waals surface area contributed by atoms with Crippen LogP contribution in [0.1, 0.15) is 36.0 Å². The zero-order valence-corrected chi connectivity index (χ0v) is 25.9. The highest BCUT2D eigenvalue weighted by Gasteiger charge is 2.48. The highest BCUT2D eigenvalue weighted by atomic mass is 16.7. The summed E-state index contributed by atoms with van der Waals surface area (Å²) in [5, 5.41) is 71.4. The van der Waals surface area contributed by atoms with Gasteiger partial charge in [0.1, 0.15) is 54.6 Å². The summed E-state index contributed by atoms with van der Waals surface area (Å²) in [6, 6.07) is 13.9. The number of hydrogen-bond donors (Lipinski definition) is 7. The van der Waals surface area contributed by atoms with Gasteiger partial charge in [0.2, 0.25) is 12.6 Å². The van der Waals surface area contributed by atoms with Crippen LogP contribution in [0, 0.1) is 0 Å². The minimum atomic E-state index is -1.87. The average molecular weight is 667 g/mol. The number of carbonyl (C=O) groups is 2. The molecule has 260 valence electrons. The molecule has 2 saturated heterocycles. The Hall–Kier alpha value is -3.22. The topological polar surface area (TPSA) is 231 Å². The van der Waals surface area contributed by atoms with Crippen LogP contribution >= 0.6 is 0 Å². The van der Waals surface area contributed by atoms with Crippen molar-refractivity contribution in [3.8, 4) is 5.75 Å². The third-order valence-corrected chi connectivity index (χ3v) is 8.12. The third kappa shape index (κ3) is 8.83. The summed E-state index contributed by atoms with van der Waals surface area (Å²) < 4.78 is 32.1. The summed E-state index contributed by atoms with van der Waals surface area (Å²) >= 11 is 0. The van der Waals surface area contributed by atoms with E-state index < -0.39 is 92.3 Å². The second kappa shape index (κ2) is 16.7. The largest absolute Gasteiger partial charge is 0.497 e. The van der Waals surface area contributed by atoms with Gasteiger partial charge < -0.3 is 64.2 Å². The van der Waals surface area contributed by atoms with Crippen LogP contribution in [-0.4, -0.2) is 136 Å². The highest BCUT2D eigenvalue weighted by Crippen LogP contribution is 2.31. The molecule has 7 N–H and O–H groups in total. The number of aliphatic hydroxyl groups excluding tert-OH is 7. The molecule has 0 bridgehead atoms. The quantitative estimate of drug-likeness (QED) is 0.121. The van der Waals surface area contributed by atoms with Crippen LogP contribution in [0.3, 0.4) is 0 Å². The Bertz CT molecular complexity index is 1300. The Morgan fingerprint density at radius 3 is 2.00 bits per heavy atom. The normalized spacial score (nSPS) is 31.5. The Labute approximate surface area is 270 Å². The lowest BCUT2D eigenvalue weighted by Crippen LogP contribution is -2.60. The number of carbonyl (C=O) groups excluding carboxylic acids is 2. The van der Waals surface area contributed by atoms with Crippen molar-refractivity contribution in [2.24, 2.45) is 0 Å². The van der Waals surface area contributed by atoms with Crippen molar-refractivity contribution in [2.75, 3.05) is 26.9 Å². The predicted molar refractivity (Wildman–Crippen MR) is 159 cm³/mol. The summed E-state index contributed by atoms with van der Waals surface area (Å²) in [6.45, 7) is 1.05. The molecule has 0 saturated carbocycles. The average Bonchev–Trinajstić information content (AvgIpc) is 3.07. The van der Waals surface area contributed by atoms with Gasteiger partial charge in [-0.2, -0.15) is 0 Å². The summed E-state index contributed by atoms with van der Waals surface area (Å²) in [5.74, 6) is -2.89. The Balaban J connectivity index is 1.61. The first kappa shape index (κ1) is 36.6. The minimum absolute atomic E-state index is 0.172. The number of esters is 2. The lowest BCUT2D eigenvalue weighted by atomic mass is 9.88. The van der Waals surface area contributed by atoms with Crippen molar-refractivity contribution in [3.05, 3.63) is 65.2 Å². The predicted octanol–water partition coefficient (Wildman–Crippen LogP) is -1.51. The fourth-order valence-electron chi connectivity index (χ4n) is 5.41. The monoisotopic (exact) mass is 666 g/mol. The van der Waals surface area contributed by atoms with Crippen molar-refractivity contribution >= 4 is 11.9 Å². The van der Waals surface area contributed by atoms with Gasteiger partial charge in [-0.1, -0.05) is 36.4 Å². The Kier molecular flexibility index (Phi) is 13.0. The van der Waals surface area contributed by atoms with E-state index in [1.165, 1.54) is 7.11 Å². The molecular formula is C32H42O15. The van der Waals surface area contributed by atoms with Gasteiger partial charge in [0.25, 0.3) is 0 Å². The molecule has 2 aromatic carbocycles. The summed E-state index contributed by atoms with van der Waals surface area (Å²) in [5.41, 5.74) is 1.81. The molecule has 15 nitrogen and oxygen atoms in total. The van der Waals surface area contributed by atoms with Crippen molar-refractivity contribution in [2.45, 2.75) is 87.1 Å². The van der Waals surface area contributed by atoms with Crippen LogP contribution in [0.15, 0.2) is 48.5 Å². The van der Waals surface area contributed by atoms with Crippen molar-refractivity contribution in [1.82, 2.24) is 0 Å². The summed E-state index contributed by atoms with van der Waals surface area (Å²) in [4.78, 5) is 27.1. The number of ether oxygens (including phenoxy) is 6. The maximum atomic E-state index is 13.8. The lowest BCUT2D eigenvalue weighted by Gasteiger charge is -2.40. The number of aliphatic hydroxyl groups is 7. The highest BCUT2D eigenvalue weighted by molar-refractivity contribution is 5.85. The molecule has 2 heterocycles. The first-order valence-corrected chi connectivity index (χ1v) is 15.2. The molecule has 4 rings (SSSR count). The van der Waals surface area contributed by atoms with Gasteiger partial charge in [-0.05, 0) is 42.2 Å². The summed E-state index contributed by atoms with van der Waals surface area (Å²) in [7, 11) is 1.54. The SMILES string of the molecule is CCOC[C@H]1O[C@@H](OC(=O)C(CC(=O)O[C@@H]2O[C@H](CO)[C@@H](O)[C@H](O)[C@H]2O)c2ccccc2Cc2ccc(OC)cc2)[C@H](O)[C@@H](O)[C@@H]1O. The van der Waals surface area contributed by atoms with Gasteiger partial charge in [-0.15, -0.1) is 0 Å². The van der Waals surface area contributed by atoms with E-state index in [4.69, 9.17) is 28.4 Å². The first-order valence-electron chi connectivity index (χ1n) is 15.2. The van der Waals surface area contributed by atoms with E-state index in [0.29, 0.717) is 23.3 Å². The second-order valence-corrected chi connectivity index (χ2v) is 11.3. The van der Waals surface area contributed by atoms with Crippen LogP contribution in [0.4, 0.5) is 0 Å². The van der Waals surface area contributed by atoms with Gasteiger partial charge in [-0.25, -0.2) is 0 Å². The molecule has 0 aliphatic carbocycles. The van der Waals surface area contributed by atoms with Crippen LogP contribution < -0.4 is 4.74 Å². The van der Waals surface area contributed by atoms with Crippen LogP contribution in [0.5, 0.6) is 5.75 Å². The molecule has 1 unspecified atom stereocenters. The minimum Gasteiger partial charge on any atom is -0.497 e. The maximum Gasteiger partial charge on any atom is 0.316 e. The molecule has 47 heavy (non-hydrogen) atoms. The molecule has 2 fully saturated rings. The second-order valence-electron chi connectivity index (χ2n) is 11.3. The third-order valence-electron chi connectivity index (χ3n) is 8.12. The van der Waals surface area contributed by atoms with E-state index in [9.17, 15) is 45.3 Å². The number of benzene rings is 2. The smallest absolute Gasteiger partial charge is 0.316 e. The van der Waals surface area contributed by atoms with Gasteiger partial charge >= 0.3 is 11.9 Å².